The van der Waals surface area contributed by atoms with Crippen molar-refractivity contribution in [2.24, 2.45) is 0 Å². The Labute approximate surface area is 109 Å². The predicted molar refractivity (Wildman–Crippen MR) is 46.5 cm³/mol. The van der Waals surface area contributed by atoms with Gasteiger partial charge in [-0.2, -0.15) is 0 Å². The van der Waals surface area contributed by atoms with Crippen molar-refractivity contribution in [1.82, 2.24) is 0 Å². The molecule has 1 saturated carbocycles. The Hall–Kier alpha value is 1.46. The van der Waals surface area contributed by atoms with Crippen LogP contribution in [0.5, 0.6) is 0 Å². The maximum absolute atomic E-state index is 11.7. The number of hydrogen-bond donors (Lipinski definition) is 0. The molecule has 0 amide bonds. The van der Waals surface area contributed by atoms with E-state index in [1.54, 1.807) is 0 Å². The van der Waals surface area contributed by atoms with Gasteiger partial charge < -0.3 is 29.1 Å². The van der Waals surface area contributed by atoms with Gasteiger partial charge in [-0.05, 0) is 0 Å². The van der Waals surface area contributed by atoms with Crippen molar-refractivity contribution in [3.05, 3.63) is 0 Å². The first-order valence-electron chi connectivity index (χ1n) is 4.47. The first-order chi connectivity index (χ1) is 4.77. The summed E-state index contributed by atoms with van der Waals surface area (Å²) < 4.78 is 0. The first kappa shape index (κ1) is 15.9. The zero-order valence-corrected chi connectivity index (χ0v) is 11.5. The second kappa shape index (κ2) is 7.82. The predicted octanol–water partition coefficient (Wildman–Crippen LogP) is -1.53. The molecule has 1 rings (SSSR count). The Morgan fingerprint density at radius 1 is 1.25 bits per heavy atom. The van der Waals surface area contributed by atoms with E-state index in [4.69, 9.17) is 0 Å². The molecule has 1 fully saturated rings. The van der Waals surface area contributed by atoms with Gasteiger partial charge in [0.1, 0.15) is 0 Å². The molecule has 0 aromatic heterocycles. The smallest absolute Gasteiger partial charge is 1.00 e. The maximum Gasteiger partial charge on any atom is 2.00 e. The third kappa shape index (κ3) is 5.24. The fraction of sp³-hybridized carbons (Fsp3) is 1.00. The molecule has 0 atom stereocenters. The van der Waals surface area contributed by atoms with Crippen LogP contribution in [0.4, 0.5) is 0 Å². The summed E-state index contributed by atoms with van der Waals surface area (Å²) in [6.07, 6.45) is 7.44. The van der Waals surface area contributed by atoms with E-state index in [1.807, 2.05) is 0 Å². The van der Waals surface area contributed by atoms with Crippen molar-refractivity contribution in [2.75, 3.05) is 0 Å². The molecule has 3 heteroatoms. The second-order valence-electron chi connectivity index (χ2n) is 3.49. The maximum atomic E-state index is 11.7. The normalized spacial score (nSPS) is 19.5. The van der Waals surface area contributed by atoms with Gasteiger partial charge in [0.25, 0.3) is 0 Å². The molecule has 1 aliphatic rings. The van der Waals surface area contributed by atoms with E-state index in [2.05, 4.69) is 6.92 Å². The number of hydrogen-bond acceptors (Lipinski definition) is 1. The van der Waals surface area contributed by atoms with Crippen LogP contribution < -0.4 is 29.1 Å². The molecular weight excluding hydrogens is 275 g/mol. The molecule has 12 heavy (non-hydrogen) atoms. The monoisotopic (exact) mass is 292 g/mol. The van der Waals surface area contributed by atoms with E-state index in [9.17, 15) is 5.11 Å². The van der Waals surface area contributed by atoms with Crippen molar-refractivity contribution >= 4 is 23.1 Å². The molecule has 0 unspecified atom stereocenters. The van der Waals surface area contributed by atoms with E-state index >= 15 is 0 Å². The average molecular weight is 292 g/mol. The molecule has 68 valence electrons. The van der Waals surface area contributed by atoms with Crippen LogP contribution in [0.15, 0.2) is 0 Å². The number of unbranched alkanes of at least 4 members (excludes halogenated alkanes) is 1. The summed E-state index contributed by atoms with van der Waals surface area (Å²) in [4.78, 5) is 0. The summed E-state index contributed by atoms with van der Waals surface area (Å²) in [6.45, 7) is 2.15. The van der Waals surface area contributed by atoms with Crippen molar-refractivity contribution in [2.45, 2.75) is 57.5 Å². The summed E-state index contributed by atoms with van der Waals surface area (Å²) in [7, 11) is 0. The van der Waals surface area contributed by atoms with Crippen LogP contribution >= 0.6 is 0 Å². The Morgan fingerprint density at radius 2 is 1.75 bits per heavy atom. The van der Waals surface area contributed by atoms with E-state index < -0.39 is 5.60 Å². The zero-order chi connectivity index (χ0) is 7.45. The van der Waals surface area contributed by atoms with Gasteiger partial charge in [-0.1, -0.05) is 51.9 Å². The molecule has 0 aromatic rings. The largest absolute Gasteiger partial charge is 2.00 e. The van der Waals surface area contributed by atoms with E-state index in [1.165, 1.54) is 19.3 Å². The molecule has 0 saturated heterocycles. The van der Waals surface area contributed by atoms with Crippen molar-refractivity contribution in [3.8, 4) is 0 Å². The number of rotatable bonds is 3. The molecule has 0 aromatic carbocycles. The number of halogens is 1. The molecule has 0 radical (unpaired) electrons. The first-order valence-corrected chi connectivity index (χ1v) is 4.47. The molecule has 0 N–H and O–H groups in total. The molecule has 0 bridgehead atoms. The minimum Gasteiger partial charge on any atom is -1.00 e. The Morgan fingerprint density at radius 3 is 2.17 bits per heavy atom. The summed E-state index contributed by atoms with van der Waals surface area (Å²) in [5.74, 6) is 0. The van der Waals surface area contributed by atoms with Crippen LogP contribution in [0.2, 0.25) is 0 Å². The SMILES string of the molecule is CCCCC1([O-])CCCC1.[I-].[Mg+2]. The Kier molecular flexibility index (Phi) is 10.4. The summed E-state index contributed by atoms with van der Waals surface area (Å²) >= 11 is 0. The molecule has 0 aliphatic heterocycles. The Bertz CT molecular complexity index is 103. The topological polar surface area (TPSA) is 23.1 Å². The minimum absolute atomic E-state index is 0. The van der Waals surface area contributed by atoms with Gasteiger partial charge in [0, 0.05) is 0 Å². The fourth-order valence-corrected chi connectivity index (χ4v) is 1.77. The third-order valence-corrected chi connectivity index (χ3v) is 2.50. The van der Waals surface area contributed by atoms with Crippen LogP contribution in [-0.2, 0) is 0 Å². The summed E-state index contributed by atoms with van der Waals surface area (Å²) in [5, 5.41) is 11.7. The van der Waals surface area contributed by atoms with Crippen LogP contribution in [0, 0.1) is 0 Å². The van der Waals surface area contributed by atoms with Gasteiger partial charge >= 0.3 is 23.1 Å². The van der Waals surface area contributed by atoms with Crippen LogP contribution in [0.1, 0.15) is 51.9 Å². The zero-order valence-electron chi connectivity index (χ0n) is 7.94. The van der Waals surface area contributed by atoms with Gasteiger partial charge in [-0.25, -0.2) is 0 Å². The van der Waals surface area contributed by atoms with Gasteiger partial charge in [0.05, 0.1) is 0 Å². The van der Waals surface area contributed by atoms with Gasteiger partial charge in [0.15, 0.2) is 0 Å². The van der Waals surface area contributed by atoms with E-state index in [0.29, 0.717) is 0 Å². The van der Waals surface area contributed by atoms with E-state index in [0.717, 1.165) is 25.7 Å². The van der Waals surface area contributed by atoms with Crippen molar-refractivity contribution in [3.63, 3.8) is 0 Å². The van der Waals surface area contributed by atoms with E-state index in [-0.39, 0.29) is 47.0 Å². The fourth-order valence-electron chi connectivity index (χ4n) is 1.77. The Balaban J connectivity index is 0. The van der Waals surface area contributed by atoms with Crippen molar-refractivity contribution < 1.29 is 29.1 Å². The average Bonchev–Trinajstić information content (AvgIpc) is 2.33. The summed E-state index contributed by atoms with van der Waals surface area (Å²) in [5.41, 5.74) is -0.504. The van der Waals surface area contributed by atoms with Crippen LogP contribution in [0.3, 0.4) is 0 Å². The van der Waals surface area contributed by atoms with Crippen LogP contribution in [-0.4, -0.2) is 28.7 Å². The van der Waals surface area contributed by atoms with Gasteiger partial charge in [-0.15, -0.1) is 5.60 Å². The third-order valence-electron chi connectivity index (χ3n) is 2.50. The van der Waals surface area contributed by atoms with Gasteiger partial charge in [-0.3, -0.25) is 0 Å². The minimum atomic E-state index is -0.504. The van der Waals surface area contributed by atoms with Gasteiger partial charge in [0.2, 0.25) is 0 Å². The molecule has 0 spiro atoms. The van der Waals surface area contributed by atoms with Crippen LogP contribution in [0.25, 0.3) is 0 Å². The molecule has 1 aliphatic carbocycles. The van der Waals surface area contributed by atoms with Crippen molar-refractivity contribution in [1.29, 1.82) is 0 Å². The molecule has 1 nitrogen and oxygen atoms in total. The quantitative estimate of drug-likeness (QED) is 0.457. The second-order valence-corrected chi connectivity index (χ2v) is 3.49. The summed E-state index contributed by atoms with van der Waals surface area (Å²) in [6, 6.07) is 0. The standard InChI is InChI=1S/C9H17O.HI.Mg/c1-2-3-6-9(10)7-4-5-8-9;;/h2-8H2,1H3;1H;/q-1;;+2/p-1. The molecule has 0 heterocycles. The molecular formula is C9H17IMgO.